The lowest BCUT2D eigenvalue weighted by atomic mass is 10.8. The van der Waals surface area contributed by atoms with Crippen molar-refractivity contribution in [2.75, 3.05) is 6.07 Å². The number of hydrogen-bond donors (Lipinski definition) is 0. The number of carbonyl (C=O) groups excluding carboxylic acids is 1. The Kier molecular flexibility index (Phi) is 9.27. The second-order valence-electron chi connectivity index (χ2n) is 0.745. The van der Waals surface area contributed by atoms with E-state index in [1.807, 2.05) is 0 Å². The van der Waals surface area contributed by atoms with Gasteiger partial charge in [0, 0.05) is 6.92 Å². The second-order valence-corrected chi connectivity index (χ2v) is 0.963. The molecule has 0 heterocycles. The summed E-state index contributed by atoms with van der Waals surface area (Å²) in [6, 6.07) is -0.0463. The average Bonchev–Trinajstić information content (AvgIpc) is 1.35. The van der Waals surface area contributed by atoms with Gasteiger partial charge in [-0.2, -0.15) is 0 Å². The first-order chi connectivity index (χ1) is 2.77. The molecule has 0 unspecified atom stereocenters. The summed E-state index contributed by atoms with van der Waals surface area (Å²) in [6.07, 6.45) is 0. The van der Waals surface area contributed by atoms with Gasteiger partial charge in [0.2, 0.25) is 0 Å². The quantitative estimate of drug-likeness (QED) is 0.279. The minimum atomic E-state index is -0.343. The molecule has 0 saturated carbocycles. The third-order valence-corrected chi connectivity index (χ3v) is 0.367. The van der Waals surface area contributed by atoms with Crippen molar-refractivity contribution < 1.29 is 9.53 Å². The monoisotopic (exact) mass is 138 g/mol. The average molecular weight is 139 g/mol. The highest BCUT2D eigenvalue weighted by Crippen LogP contribution is 1.76. The fourth-order valence-electron chi connectivity index (χ4n) is 0.0768. The van der Waals surface area contributed by atoms with E-state index in [9.17, 15) is 4.79 Å². The van der Waals surface area contributed by atoms with E-state index in [1.165, 1.54) is 6.92 Å². The standard InChI is InChI=1S/C3H5ClO2.Al.3H/c1-3(5)6-2-4;;;;/h2H2,1H3;;;;. The summed E-state index contributed by atoms with van der Waals surface area (Å²) < 4.78 is 4.17. The van der Waals surface area contributed by atoms with E-state index in [-0.39, 0.29) is 29.4 Å². The van der Waals surface area contributed by atoms with Crippen molar-refractivity contribution >= 4 is 34.9 Å². The highest BCUT2D eigenvalue weighted by Gasteiger charge is 1.83. The third-order valence-electron chi connectivity index (χ3n) is 0.258. The topological polar surface area (TPSA) is 26.3 Å². The van der Waals surface area contributed by atoms with Crippen LogP contribution in [-0.2, 0) is 9.53 Å². The molecule has 0 aromatic heterocycles. The minimum Gasteiger partial charge on any atom is -0.450 e. The molecule has 0 saturated heterocycles. The Labute approximate surface area is 57.9 Å². The Morgan fingerprint density at radius 3 is 2.29 bits per heavy atom. The molecule has 0 atom stereocenters. The lowest BCUT2D eigenvalue weighted by Gasteiger charge is -1.87. The molecule has 4 heteroatoms. The third kappa shape index (κ3) is 10.7. The highest BCUT2D eigenvalue weighted by atomic mass is 35.5. The maximum Gasteiger partial charge on any atom is 0.303 e. The van der Waals surface area contributed by atoms with Crippen LogP contribution in [0, 0.1) is 0 Å². The predicted octanol–water partition coefficient (Wildman–Crippen LogP) is -0.438. The van der Waals surface area contributed by atoms with Gasteiger partial charge in [0.1, 0.15) is 0 Å². The zero-order valence-electron chi connectivity index (χ0n) is 3.40. The van der Waals surface area contributed by atoms with Crippen molar-refractivity contribution in [2.24, 2.45) is 0 Å². The maximum absolute atomic E-state index is 9.74. The van der Waals surface area contributed by atoms with Crippen molar-refractivity contribution in [3.63, 3.8) is 0 Å². The number of alkyl halides is 1. The summed E-state index contributed by atoms with van der Waals surface area (Å²) in [4.78, 5) is 9.74. The number of halogens is 1. The van der Waals surface area contributed by atoms with E-state index in [4.69, 9.17) is 11.6 Å². The van der Waals surface area contributed by atoms with Crippen LogP contribution in [0.15, 0.2) is 0 Å². The van der Waals surface area contributed by atoms with Crippen LogP contribution in [0.4, 0.5) is 0 Å². The van der Waals surface area contributed by atoms with Gasteiger partial charge in [-0.15, -0.1) is 0 Å². The van der Waals surface area contributed by atoms with E-state index in [0.29, 0.717) is 0 Å². The van der Waals surface area contributed by atoms with Crippen LogP contribution < -0.4 is 0 Å². The zero-order valence-corrected chi connectivity index (χ0v) is 4.16. The zero-order chi connectivity index (χ0) is 4.99. The van der Waals surface area contributed by atoms with Crippen LogP contribution in [0.3, 0.4) is 0 Å². The molecule has 42 valence electrons. The summed E-state index contributed by atoms with van der Waals surface area (Å²) in [7, 11) is 0. The lowest BCUT2D eigenvalue weighted by Crippen LogP contribution is -1.93. The van der Waals surface area contributed by atoms with Crippen LogP contribution in [0.1, 0.15) is 6.92 Å². The highest BCUT2D eigenvalue weighted by molar-refractivity contribution is 6.17. The Morgan fingerprint density at radius 2 is 2.29 bits per heavy atom. The molecule has 2 nitrogen and oxygen atoms in total. The molecular weight excluding hydrogens is 130 g/mol. The van der Waals surface area contributed by atoms with E-state index >= 15 is 0 Å². The smallest absolute Gasteiger partial charge is 0.303 e. The van der Waals surface area contributed by atoms with Crippen LogP contribution in [0.2, 0.25) is 0 Å². The molecule has 0 aliphatic carbocycles. The fraction of sp³-hybridized carbons (Fsp3) is 0.667. The first-order valence-corrected chi connectivity index (χ1v) is 2.00. The Hall–Kier alpha value is 0.292. The van der Waals surface area contributed by atoms with Gasteiger partial charge in [-0.05, 0) is 0 Å². The largest absolute Gasteiger partial charge is 0.450 e. The fourth-order valence-corrected chi connectivity index (χ4v) is 0.230. The van der Waals surface area contributed by atoms with Crippen LogP contribution in [0.5, 0.6) is 0 Å². The van der Waals surface area contributed by atoms with E-state index in [0.717, 1.165) is 0 Å². The molecule has 0 aliphatic rings. The summed E-state index contributed by atoms with van der Waals surface area (Å²) in [5, 5.41) is 0. The molecule has 0 radical (unpaired) electrons. The van der Waals surface area contributed by atoms with Crippen LogP contribution in [0.25, 0.3) is 0 Å². The number of rotatable bonds is 1. The van der Waals surface area contributed by atoms with E-state index in [2.05, 4.69) is 4.74 Å². The van der Waals surface area contributed by atoms with Gasteiger partial charge in [-0.1, -0.05) is 11.6 Å². The number of esters is 1. The van der Waals surface area contributed by atoms with Crippen molar-refractivity contribution in [3.8, 4) is 0 Å². The molecular formula is C3H8AlClO2. The van der Waals surface area contributed by atoms with Crippen molar-refractivity contribution in [3.05, 3.63) is 0 Å². The van der Waals surface area contributed by atoms with Gasteiger partial charge in [0.15, 0.2) is 23.4 Å². The molecule has 0 aromatic rings. The minimum absolute atomic E-state index is 0. The molecule has 0 bridgehead atoms. The summed E-state index contributed by atoms with van der Waals surface area (Å²) in [5.41, 5.74) is 0. The molecule has 0 aromatic carbocycles. The summed E-state index contributed by atoms with van der Waals surface area (Å²) >= 11 is 4.95. The van der Waals surface area contributed by atoms with Gasteiger partial charge in [0.25, 0.3) is 0 Å². The second kappa shape index (κ2) is 6.29. The SMILES string of the molecule is CC(=O)OCCl.[AlH3]. The number of ether oxygens (including phenoxy) is 1. The van der Waals surface area contributed by atoms with Gasteiger partial charge in [-0.3, -0.25) is 4.79 Å². The van der Waals surface area contributed by atoms with Gasteiger partial charge in [0.05, 0.1) is 0 Å². The molecule has 0 spiro atoms. The van der Waals surface area contributed by atoms with Crippen molar-refractivity contribution in [1.29, 1.82) is 0 Å². The Balaban J connectivity index is 0. The molecule has 0 aliphatic heterocycles. The first-order valence-electron chi connectivity index (χ1n) is 1.46. The normalized spacial score (nSPS) is 6.57. The number of hydrogen-bond acceptors (Lipinski definition) is 2. The Morgan fingerprint density at radius 1 is 1.86 bits per heavy atom. The molecule has 0 fully saturated rings. The van der Waals surface area contributed by atoms with Crippen LogP contribution >= 0.6 is 11.6 Å². The van der Waals surface area contributed by atoms with E-state index < -0.39 is 0 Å². The lowest BCUT2D eigenvalue weighted by molar-refractivity contribution is -0.138. The van der Waals surface area contributed by atoms with Gasteiger partial charge in [-0.25, -0.2) is 0 Å². The van der Waals surface area contributed by atoms with E-state index in [1.54, 1.807) is 0 Å². The van der Waals surface area contributed by atoms with Gasteiger partial charge < -0.3 is 4.74 Å². The van der Waals surface area contributed by atoms with Crippen molar-refractivity contribution in [2.45, 2.75) is 6.92 Å². The maximum atomic E-state index is 9.74. The van der Waals surface area contributed by atoms with Gasteiger partial charge >= 0.3 is 5.97 Å². The van der Waals surface area contributed by atoms with Crippen molar-refractivity contribution in [1.82, 2.24) is 0 Å². The summed E-state index contributed by atoms with van der Waals surface area (Å²) in [6.45, 7) is 1.31. The molecule has 7 heavy (non-hydrogen) atoms. The molecule has 0 amide bonds. The molecule has 0 N–H and O–H groups in total. The van der Waals surface area contributed by atoms with Crippen LogP contribution in [-0.4, -0.2) is 29.4 Å². The predicted molar refractivity (Wildman–Crippen MR) is 32.4 cm³/mol. The number of carbonyl (C=O) groups is 1. The molecule has 0 rings (SSSR count). The summed E-state index contributed by atoms with van der Waals surface area (Å²) in [5.74, 6) is -0.343. The Bertz CT molecular complexity index is 56.9. The first kappa shape index (κ1) is 10.3.